The second kappa shape index (κ2) is 5.85. The quantitative estimate of drug-likeness (QED) is 0.794. The van der Waals surface area contributed by atoms with Crippen molar-refractivity contribution in [1.29, 1.82) is 0 Å². The maximum absolute atomic E-state index is 12.1. The Morgan fingerprint density at radius 3 is 2.65 bits per heavy atom. The van der Waals surface area contributed by atoms with Crippen LogP contribution in [0.25, 0.3) is 0 Å². The lowest BCUT2D eigenvalue weighted by molar-refractivity contribution is -0.125. The molecule has 1 heterocycles. The van der Waals surface area contributed by atoms with Crippen LogP contribution in [0.5, 0.6) is 0 Å². The van der Waals surface area contributed by atoms with Crippen LogP contribution < -0.4 is 10.6 Å². The number of hydrogen-bond acceptors (Lipinski definition) is 2. The van der Waals surface area contributed by atoms with Crippen LogP contribution in [0, 0.1) is 17.3 Å². The number of carbonyl (C=O) groups is 1. The van der Waals surface area contributed by atoms with Gasteiger partial charge in [0.2, 0.25) is 5.91 Å². The van der Waals surface area contributed by atoms with E-state index in [1.165, 1.54) is 6.42 Å². The zero-order valence-electron chi connectivity index (χ0n) is 12.0. The SMILES string of the molecule is CC1CCCNC1C(=O)NCC(C)C(C)(C)C. The fourth-order valence-electron chi connectivity index (χ4n) is 2.07. The maximum atomic E-state index is 12.1. The van der Waals surface area contributed by atoms with Crippen LogP contribution in [0.1, 0.15) is 47.5 Å². The third-order valence-electron chi connectivity index (χ3n) is 4.11. The molecule has 17 heavy (non-hydrogen) atoms. The van der Waals surface area contributed by atoms with Crippen LogP contribution in [0.3, 0.4) is 0 Å². The molecule has 0 spiro atoms. The predicted octanol–water partition coefficient (Wildman–Crippen LogP) is 2.17. The van der Waals surface area contributed by atoms with Crippen LogP contribution in [0.4, 0.5) is 0 Å². The standard InChI is InChI=1S/C14H28N2O/c1-10-7-6-8-15-12(10)13(17)16-9-11(2)14(3,4)5/h10-12,15H,6-9H2,1-5H3,(H,16,17). The number of piperidine rings is 1. The molecule has 100 valence electrons. The van der Waals surface area contributed by atoms with E-state index in [2.05, 4.69) is 45.3 Å². The van der Waals surface area contributed by atoms with Crippen molar-refractivity contribution in [3.8, 4) is 0 Å². The van der Waals surface area contributed by atoms with Crippen LogP contribution in [-0.2, 0) is 4.79 Å². The molecule has 0 saturated carbocycles. The number of rotatable bonds is 3. The van der Waals surface area contributed by atoms with Crippen molar-refractivity contribution in [2.45, 2.75) is 53.5 Å². The van der Waals surface area contributed by atoms with Gasteiger partial charge in [0, 0.05) is 6.54 Å². The Morgan fingerprint density at radius 2 is 2.12 bits per heavy atom. The van der Waals surface area contributed by atoms with Crippen molar-refractivity contribution in [3.05, 3.63) is 0 Å². The van der Waals surface area contributed by atoms with Gasteiger partial charge in [0.1, 0.15) is 0 Å². The molecule has 0 aliphatic carbocycles. The molecular weight excluding hydrogens is 212 g/mol. The number of amides is 1. The third kappa shape index (κ3) is 4.30. The molecule has 0 aromatic carbocycles. The molecule has 0 radical (unpaired) electrons. The van der Waals surface area contributed by atoms with Gasteiger partial charge >= 0.3 is 0 Å². The van der Waals surface area contributed by atoms with Crippen molar-refractivity contribution in [1.82, 2.24) is 10.6 Å². The van der Waals surface area contributed by atoms with Gasteiger partial charge in [-0.3, -0.25) is 4.79 Å². The molecule has 1 saturated heterocycles. The Morgan fingerprint density at radius 1 is 1.47 bits per heavy atom. The van der Waals surface area contributed by atoms with E-state index in [9.17, 15) is 4.79 Å². The Kier molecular flexibility index (Phi) is 4.99. The van der Waals surface area contributed by atoms with Crippen LogP contribution in [0.2, 0.25) is 0 Å². The highest BCUT2D eigenvalue weighted by molar-refractivity contribution is 5.82. The monoisotopic (exact) mass is 240 g/mol. The van der Waals surface area contributed by atoms with Crippen molar-refractivity contribution in [2.75, 3.05) is 13.1 Å². The van der Waals surface area contributed by atoms with Crippen molar-refractivity contribution in [2.24, 2.45) is 17.3 Å². The Balaban J connectivity index is 2.39. The van der Waals surface area contributed by atoms with E-state index in [4.69, 9.17) is 0 Å². The predicted molar refractivity (Wildman–Crippen MR) is 71.8 cm³/mol. The summed E-state index contributed by atoms with van der Waals surface area (Å²) in [5.41, 5.74) is 0.249. The van der Waals surface area contributed by atoms with Crippen LogP contribution >= 0.6 is 0 Å². The van der Waals surface area contributed by atoms with Gasteiger partial charge in [-0.25, -0.2) is 0 Å². The highest BCUT2D eigenvalue weighted by atomic mass is 16.2. The minimum Gasteiger partial charge on any atom is -0.354 e. The van der Waals surface area contributed by atoms with Gasteiger partial charge < -0.3 is 10.6 Å². The van der Waals surface area contributed by atoms with Gasteiger partial charge in [-0.1, -0.05) is 34.6 Å². The Labute approximate surface area is 106 Å². The van der Waals surface area contributed by atoms with Gasteiger partial charge in [-0.15, -0.1) is 0 Å². The van der Waals surface area contributed by atoms with Crippen molar-refractivity contribution >= 4 is 5.91 Å². The van der Waals surface area contributed by atoms with Gasteiger partial charge in [0.15, 0.2) is 0 Å². The van der Waals surface area contributed by atoms with Gasteiger partial charge in [-0.2, -0.15) is 0 Å². The second-order valence-electron chi connectivity index (χ2n) is 6.56. The summed E-state index contributed by atoms with van der Waals surface area (Å²) < 4.78 is 0. The molecule has 0 aromatic heterocycles. The molecule has 3 unspecified atom stereocenters. The zero-order valence-corrected chi connectivity index (χ0v) is 12.0. The lowest BCUT2D eigenvalue weighted by Gasteiger charge is -2.31. The molecule has 1 rings (SSSR count). The molecule has 1 amide bonds. The Hall–Kier alpha value is -0.570. The summed E-state index contributed by atoms with van der Waals surface area (Å²) in [6, 6.07) is 0.0101. The molecule has 1 fully saturated rings. The molecule has 1 aliphatic rings. The molecule has 1 aliphatic heterocycles. The lowest BCUT2D eigenvalue weighted by atomic mass is 9.82. The molecule has 3 heteroatoms. The van der Waals surface area contributed by atoms with E-state index in [1.807, 2.05) is 0 Å². The van der Waals surface area contributed by atoms with Crippen LogP contribution in [-0.4, -0.2) is 25.0 Å². The van der Waals surface area contributed by atoms with E-state index >= 15 is 0 Å². The minimum atomic E-state index is 0.0101. The summed E-state index contributed by atoms with van der Waals surface area (Å²) in [5, 5.41) is 6.41. The molecule has 2 N–H and O–H groups in total. The first-order valence-electron chi connectivity index (χ1n) is 6.83. The first-order valence-corrected chi connectivity index (χ1v) is 6.83. The van der Waals surface area contributed by atoms with Gasteiger partial charge in [-0.05, 0) is 36.6 Å². The average molecular weight is 240 g/mol. The summed E-state index contributed by atoms with van der Waals surface area (Å²) >= 11 is 0. The summed E-state index contributed by atoms with van der Waals surface area (Å²) in [6.45, 7) is 12.7. The van der Waals surface area contributed by atoms with Gasteiger partial charge in [0.25, 0.3) is 0 Å². The summed E-state index contributed by atoms with van der Waals surface area (Å²) in [7, 11) is 0. The lowest BCUT2D eigenvalue weighted by Crippen LogP contribution is -2.51. The highest BCUT2D eigenvalue weighted by Gasteiger charge is 2.28. The van der Waals surface area contributed by atoms with Crippen molar-refractivity contribution < 1.29 is 4.79 Å². The second-order valence-corrected chi connectivity index (χ2v) is 6.56. The molecule has 0 bridgehead atoms. The fourth-order valence-corrected chi connectivity index (χ4v) is 2.07. The maximum Gasteiger partial charge on any atom is 0.237 e. The minimum absolute atomic E-state index is 0.0101. The highest BCUT2D eigenvalue weighted by Crippen LogP contribution is 2.24. The summed E-state index contributed by atoms with van der Waals surface area (Å²) in [6.07, 6.45) is 2.34. The first kappa shape index (κ1) is 14.5. The normalized spacial score (nSPS) is 27.6. The zero-order chi connectivity index (χ0) is 13.1. The van der Waals surface area contributed by atoms with E-state index in [0.717, 1.165) is 19.5 Å². The van der Waals surface area contributed by atoms with E-state index in [-0.39, 0.29) is 17.4 Å². The summed E-state index contributed by atoms with van der Waals surface area (Å²) in [5.74, 6) is 1.12. The average Bonchev–Trinajstić information content (AvgIpc) is 2.24. The van der Waals surface area contributed by atoms with Gasteiger partial charge in [0.05, 0.1) is 6.04 Å². The molecule has 3 atom stereocenters. The number of hydrogen-bond donors (Lipinski definition) is 2. The number of nitrogens with one attached hydrogen (secondary N) is 2. The smallest absolute Gasteiger partial charge is 0.237 e. The first-order chi connectivity index (χ1) is 7.82. The van der Waals surface area contributed by atoms with E-state index in [0.29, 0.717) is 11.8 Å². The summed E-state index contributed by atoms with van der Waals surface area (Å²) in [4.78, 5) is 12.1. The molecular formula is C14H28N2O. The largest absolute Gasteiger partial charge is 0.354 e. The fraction of sp³-hybridized carbons (Fsp3) is 0.929. The van der Waals surface area contributed by atoms with E-state index < -0.39 is 0 Å². The van der Waals surface area contributed by atoms with Crippen molar-refractivity contribution in [3.63, 3.8) is 0 Å². The van der Waals surface area contributed by atoms with Crippen LogP contribution in [0.15, 0.2) is 0 Å². The molecule has 3 nitrogen and oxygen atoms in total. The number of carbonyl (C=O) groups excluding carboxylic acids is 1. The Bertz CT molecular complexity index is 257. The topological polar surface area (TPSA) is 41.1 Å². The van der Waals surface area contributed by atoms with E-state index in [1.54, 1.807) is 0 Å². The third-order valence-corrected chi connectivity index (χ3v) is 4.11. The molecule has 0 aromatic rings.